The van der Waals surface area contributed by atoms with Gasteiger partial charge in [-0.3, -0.25) is 9.59 Å². The van der Waals surface area contributed by atoms with E-state index in [0.29, 0.717) is 13.0 Å². The molecule has 0 aliphatic heterocycles. The number of halogens is 1. The third-order valence-electron chi connectivity index (χ3n) is 6.15. The highest BCUT2D eigenvalue weighted by atomic mass is 79.9. The maximum atomic E-state index is 13.9. The monoisotopic (exact) mass is 534 g/mol. The van der Waals surface area contributed by atoms with Crippen LogP contribution in [-0.4, -0.2) is 28.8 Å². The Bertz CT molecular complexity index is 1130. The van der Waals surface area contributed by atoms with E-state index in [9.17, 15) is 9.59 Å². The number of amides is 2. The van der Waals surface area contributed by atoms with Crippen LogP contribution in [0.3, 0.4) is 0 Å². The van der Waals surface area contributed by atoms with E-state index < -0.39 is 6.04 Å². The number of rotatable bonds is 10. The number of nitrogens with zero attached hydrogens (tertiary/aromatic N) is 1. The number of hydrogen-bond donors (Lipinski definition) is 1. The Kier molecular flexibility index (Phi) is 9.67. The molecule has 0 aliphatic rings. The summed E-state index contributed by atoms with van der Waals surface area (Å²) in [6.45, 7) is 8.47. The minimum Gasteiger partial charge on any atom is -0.352 e. The van der Waals surface area contributed by atoms with Crippen LogP contribution in [0.4, 0.5) is 0 Å². The summed E-state index contributed by atoms with van der Waals surface area (Å²) in [5.41, 5.74) is 5.22. The number of nitrogens with one attached hydrogen (secondary N) is 1. The fraction of sp³-hybridized carbons (Fsp3) is 0.333. The van der Waals surface area contributed by atoms with E-state index in [1.807, 2.05) is 94.4 Å². The second-order valence-electron chi connectivity index (χ2n) is 9.35. The average Bonchev–Trinajstić information content (AvgIpc) is 2.81. The zero-order valence-electron chi connectivity index (χ0n) is 21.1. The van der Waals surface area contributed by atoms with Gasteiger partial charge in [-0.25, -0.2) is 0 Å². The van der Waals surface area contributed by atoms with Crippen LogP contribution >= 0.6 is 15.9 Å². The number of carbonyl (C=O) groups excluding carboxylic acids is 2. The lowest BCUT2D eigenvalue weighted by Crippen LogP contribution is -2.52. The molecule has 0 radical (unpaired) electrons. The first-order valence-electron chi connectivity index (χ1n) is 12.2. The van der Waals surface area contributed by atoms with Gasteiger partial charge in [0.1, 0.15) is 6.04 Å². The molecular weight excluding hydrogens is 500 g/mol. The zero-order valence-corrected chi connectivity index (χ0v) is 22.6. The Hall–Kier alpha value is -2.92. The van der Waals surface area contributed by atoms with Crippen molar-refractivity contribution < 1.29 is 9.59 Å². The molecule has 4 nitrogen and oxygen atoms in total. The fourth-order valence-electron chi connectivity index (χ4n) is 4.27. The lowest BCUT2D eigenvalue weighted by molar-refractivity contribution is -0.141. The summed E-state index contributed by atoms with van der Waals surface area (Å²) in [4.78, 5) is 29.2. The quantitative estimate of drug-likeness (QED) is 0.338. The van der Waals surface area contributed by atoms with Gasteiger partial charge in [0.05, 0.1) is 6.42 Å². The summed E-state index contributed by atoms with van der Waals surface area (Å²) in [6, 6.07) is 23.4. The first-order chi connectivity index (χ1) is 16.7. The minimum atomic E-state index is -0.621. The van der Waals surface area contributed by atoms with Crippen LogP contribution in [0.25, 0.3) is 0 Å². The number of carbonyl (C=O) groups is 2. The van der Waals surface area contributed by atoms with Crippen LogP contribution in [0.15, 0.2) is 77.3 Å². The second kappa shape index (κ2) is 12.7. The van der Waals surface area contributed by atoms with Gasteiger partial charge in [0.25, 0.3) is 0 Å². The third kappa shape index (κ3) is 8.07. The van der Waals surface area contributed by atoms with Crippen LogP contribution < -0.4 is 5.32 Å². The lowest BCUT2D eigenvalue weighted by atomic mass is 10.00. The maximum absolute atomic E-state index is 13.9. The van der Waals surface area contributed by atoms with E-state index in [1.165, 1.54) is 0 Å². The predicted octanol–water partition coefficient (Wildman–Crippen LogP) is 6.16. The number of benzene rings is 3. The van der Waals surface area contributed by atoms with Gasteiger partial charge in [-0.05, 0) is 56.0 Å². The van der Waals surface area contributed by atoms with Crippen molar-refractivity contribution >= 4 is 27.7 Å². The molecule has 2 atom stereocenters. The van der Waals surface area contributed by atoms with Gasteiger partial charge >= 0.3 is 0 Å². The summed E-state index contributed by atoms with van der Waals surface area (Å²) < 4.78 is 0.945. The van der Waals surface area contributed by atoms with Crippen LogP contribution in [0, 0.1) is 13.8 Å². The highest BCUT2D eigenvalue weighted by molar-refractivity contribution is 9.10. The van der Waals surface area contributed by atoms with Crippen LogP contribution in [0.1, 0.15) is 48.1 Å². The standard InChI is InChI=1S/C30H35BrN2O2/c1-5-23(4)32-30(35)28(18-24-10-7-6-8-11-24)33(20-25-12-9-13-27(31)17-25)29(34)19-26-15-21(2)14-22(3)16-26/h6-17,23,28H,5,18-20H2,1-4H3,(H,32,35)/t23-,28+/m1/s1. The van der Waals surface area contributed by atoms with Crippen molar-refractivity contribution in [3.63, 3.8) is 0 Å². The number of aryl methyl sites for hydroxylation is 2. The van der Waals surface area contributed by atoms with Crippen LogP contribution in [0.2, 0.25) is 0 Å². The van der Waals surface area contributed by atoms with Crippen molar-refractivity contribution in [2.75, 3.05) is 0 Å². The molecule has 3 aromatic carbocycles. The molecule has 0 saturated heterocycles. The SMILES string of the molecule is CC[C@@H](C)NC(=O)[C@H](Cc1ccccc1)N(Cc1cccc(Br)c1)C(=O)Cc1cc(C)cc(C)c1. The van der Waals surface area contributed by atoms with E-state index >= 15 is 0 Å². The first kappa shape index (κ1) is 26.7. The van der Waals surface area contributed by atoms with Gasteiger partial charge in [-0.2, -0.15) is 0 Å². The topological polar surface area (TPSA) is 49.4 Å². The smallest absolute Gasteiger partial charge is 0.243 e. The summed E-state index contributed by atoms with van der Waals surface area (Å²) in [5, 5.41) is 3.12. The number of hydrogen-bond acceptors (Lipinski definition) is 2. The Morgan fingerprint density at radius 1 is 0.886 bits per heavy atom. The largest absolute Gasteiger partial charge is 0.352 e. The molecule has 0 unspecified atom stereocenters. The molecule has 0 heterocycles. The Balaban J connectivity index is 1.99. The molecule has 184 valence electrons. The van der Waals surface area contributed by atoms with Gasteiger partial charge in [-0.1, -0.05) is 94.6 Å². The highest BCUT2D eigenvalue weighted by Crippen LogP contribution is 2.20. The first-order valence-corrected chi connectivity index (χ1v) is 13.0. The molecular formula is C30H35BrN2O2. The summed E-state index contributed by atoms with van der Waals surface area (Å²) in [5.74, 6) is -0.179. The maximum Gasteiger partial charge on any atom is 0.243 e. The molecule has 0 spiro atoms. The minimum absolute atomic E-state index is 0.0306. The Morgan fingerprint density at radius 2 is 1.54 bits per heavy atom. The molecule has 0 aliphatic carbocycles. The van der Waals surface area contributed by atoms with Gasteiger partial charge in [0, 0.05) is 23.5 Å². The molecule has 2 amide bonds. The van der Waals surface area contributed by atoms with E-state index in [2.05, 4.69) is 27.3 Å². The molecule has 1 N–H and O–H groups in total. The van der Waals surface area contributed by atoms with Crippen LogP contribution in [0.5, 0.6) is 0 Å². The lowest BCUT2D eigenvalue weighted by Gasteiger charge is -2.32. The van der Waals surface area contributed by atoms with E-state index in [-0.39, 0.29) is 24.3 Å². The van der Waals surface area contributed by atoms with E-state index in [4.69, 9.17) is 0 Å². The molecule has 0 aromatic heterocycles. The molecule has 0 fully saturated rings. The van der Waals surface area contributed by atoms with Crippen molar-refractivity contribution in [2.24, 2.45) is 0 Å². The van der Waals surface area contributed by atoms with Crippen molar-refractivity contribution in [1.29, 1.82) is 0 Å². The van der Waals surface area contributed by atoms with E-state index in [1.54, 1.807) is 4.90 Å². The van der Waals surface area contributed by atoms with E-state index in [0.717, 1.165) is 38.7 Å². The van der Waals surface area contributed by atoms with Gasteiger partial charge < -0.3 is 10.2 Å². The molecule has 0 bridgehead atoms. The van der Waals surface area contributed by atoms with Gasteiger partial charge in [-0.15, -0.1) is 0 Å². The summed E-state index contributed by atoms with van der Waals surface area (Å²) >= 11 is 3.54. The fourth-order valence-corrected chi connectivity index (χ4v) is 4.72. The Labute approximate surface area is 217 Å². The molecule has 3 aromatic rings. The molecule has 0 saturated carbocycles. The predicted molar refractivity (Wildman–Crippen MR) is 146 cm³/mol. The van der Waals surface area contributed by atoms with Crippen molar-refractivity contribution in [3.8, 4) is 0 Å². The van der Waals surface area contributed by atoms with Gasteiger partial charge in [0.2, 0.25) is 11.8 Å². The summed E-state index contributed by atoms with van der Waals surface area (Å²) in [6.07, 6.45) is 1.53. The Morgan fingerprint density at radius 3 is 2.17 bits per heavy atom. The molecule has 5 heteroatoms. The zero-order chi connectivity index (χ0) is 25.4. The van der Waals surface area contributed by atoms with Crippen molar-refractivity contribution in [3.05, 3.63) is 105 Å². The van der Waals surface area contributed by atoms with Crippen LogP contribution in [-0.2, 0) is 29.0 Å². The normalized spacial score (nSPS) is 12.6. The summed E-state index contributed by atoms with van der Waals surface area (Å²) in [7, 11) is 0. The average molecular weight is 536 g/mol. The van der Waals surface area contributed by atoms with Gasteiger partial charge in [0.15, 0.2) is 0 Å². The second-order valence-corrected chi connectivity index (χ2v) is 10.3. The molecule has 35 heavy (non-hydrogen) atoms. The van der Waals surface area contributed by atoms with Crippen molar-refractivity contribution in [1.82, 2.24) is 10.2 Å². The highest BCUT2D eigenvalue weighted by Gasteiger charge is 2.31. The van der Waals surface area contributed by atoms with Crippen molar-refractivity contribution in [2.45, 2.75) is 65.6 Å². The third-order valence-corrected chi connectivity index (χ3v) is 6.64. The molecule has 3 rings (SSSR count).